The Morgan fingerprint density at radius 3 is 1.55 bits per heavy atom. The van der Waals surface area contributed by atoms with E-state index in [-0.39, 0.29) is 0 Å². The van der Waals surface area contributed by atoms with Crippen LogP contribution in [0.15, 0.2) is 146 Å². The zero-order valence-electron chi connectivity index (χ0n) is 26.7. The van der Waals surface area contributed by atoms with Crippen LogP contribution in [0.3, 0.4) is 0 Å². The second kappa shape index (κ2) is 11.0. The van der Waals surface area contributed by atoms with Crippen LogP contribution in [-0.4, -0.2) is 0 Å². The maximum atomic E-state index is 2.41. The molecule has 8 aromatic carbocycles. The topological polar surface area (TPSA) is 0 Å². The summed E-state index contributed by atoms with van der Waals surface area (Å²) in [6.07, 6.45) is 10.2. The molecule has 0 amide bonds. The lowest BCUT2D eigenvalue weighted by atomic mass is 9.82. The fourth-order valence-corrected chi connectivity index (χ4v) is 7.90. The van der Waals surface area contributed by atoms with Crippen LogP contribution in [0.4, 0.5) is 0 Å². The van der Waals surface area contributed by atoms with Crippen molar-refractivity contribution >= 4 is 55.2 Å². The average Bonchev–Trinajstić information content (AvgIpc) is 3.37. The molecule has 0 heteroatoms. The minimum Gasteiger partial charge on any atom is -0.0801 e. The Morgan fingerprint density at radius 2 is 0.894 bits per heavy atom. The van der Waals surface area contributed by atoms with Crippen molar-refractivity contribution in [3.05, 3.63) is 168 Å². The number of hydrogen-bond acceptors (Lipinski definition) is 0. The molecule has 1 aliphatic rings. The smallest absolute Gasteiger partial charge is 0.00199 e. The summed E-state index contributed by atoms with van der Waals surface area (Å²) in [4.78, 5) is 0. The molecule has 0 radical (unpaired) electrons. The normalized spacial score (nSPS) is 12.6. The zero-order valence-corrected chi connectivity index (χ0v) is 26.7. The van der Waals surface area contributed by atoms with Gasteiger partial charge in [-0.15, -0.1) is 0 Å². The number of allylic oxidation sites excluding steroid dienone is 2. The van der Waals surface area contributed by atoms with Gasteiger partial charge < -0.3 is 0 Å². The van der Waals surface area contributed by atoms with Crippen molar-refractivity contribution < 1.29 is 0 Å². The van der Waals surface area contributed by atoms with Crippen molar-refractivity contribution in [1.29, 1.82) is 0 Å². The van der Waals surface area contributed by atoms with Crippen molar-refractivity contribution in [2.24, 2.45) is 0 Å². The molecule has 8 aromatic rings. The van der Waals surface area contributed by atoms with E-state index in [0.29, 0.717) is 0 Å². The monoisotopic (exact) mass is 598 g/mol. The molecule has 0 fully saturated rings. The molecule has 9 rings (SSSR count). The molecule has 0 saturated carbocycles. The van der Waals surface area contributed by atoms with E-state index in [4.69, 9.17) is 0 Å². The van der Waals surface area contributed by atoms with Crippen LogP contribution >= 0.6 is 0 Å². The molecule has 1 aliphatic carbocycles. The molecular weight excluding hydrogens is 565 g/mol. The van der Waals surface area contributed by atoms with E-state index in [2.05, 4.69) is 172 Å². The Morgan fingerprint density at radius 1 is 0.383 bits per heavy atom. The van der Waals surface area contributed by atoms with Gasteiger partial charge in [-0.25, -0.2) is 0 Å². The lowest BCUT2D eigenvalue weighted by Crippen LogP contribution is -1.95. The second-order valence-electron chi connectivity index (χ2n) is 12.9. The highest BCUT2D eigenvalue weighted by atomic mass is 14.2. The number of aryl methyl sites for hydroxylation is 2. The quantitative estimate of drug-likeness (QED) is 0.178. The summed E-state index contributed by atoms with van der Waals surface area (Å²) in [5, 5.41) is 10.3. The third-order valence-corrected chi connectivity index (χ3v) is 10.1. The molecule has 0 saturated heterocycles. The number of benzene rings is 8. The van der Waals surface area contributed by atoms with E-state index < -0.39 is 0 Å². The van der Waals surface area contributed by atoms with Crippen molar-refractivity contribution in [2.75, 3.05) is 0 Å². The Balaban J connectivity index is 1.31. The van der Waals surface area contributed by atoms with E-state index in [1.807, 2.05) is 0 Å². The van der Waals surface area contributed by atoms with Crippen LogP contribution in [0.2, 0.25) is 0 Å². The van der Waals surface area contributed by atoms with E-state index >= 15 is 0 Å². The van der Waals surface area contributed by atoms with Crippen molar-refractivity contribution in [3.8, 4) is 33.4 Å². The van der Waals surface area contributed by atoms with Gasteiger partial charge in [-0.3, -0.25) is 0 Å². The lowest BCUT2D eigenvalue weighted by molar-refractivity contribution is 1.42. The Bertz CT molecular complexity index is 2550. The largest absolute Gasteiger partial charge is 0.0801 e. The van der Waals surface area contributed by atoms with E-state index in [1.54, 1.807) is 0 Å². The molecule has 0 bridgehead atoms. The Labute approximate surface area is 275 Å². The standard InChI is InChI=1S/C47H34/c1-30-27-35(24-25-36(30)44-28-33-15-7-6-14-32(33)26-31(44)2)46-40-20-10-12-22-42(40)47(43-23-13-11-21-41(43)46)45-29-34-16-8-9-17-37(34)38-18-4-3-5-19-39(38)45/h4-29H,3H2,1-2H3. The summed E-state index contributed by atoms with van der Waals surface area (Å²) < 4.78 is 0. The lowest BCUT2D eigenvalue weighted by Gasteiger charge is -2.21. The third-order valence-electron chi connectivity index (χ3n) is 10.1. The SMILES string of the molecule is Cc1cc(-c2c3ccccc3c(-c3cc4ccccc4c4c3C=CCC=C4)c3ccccc23)ccc1-c1cc2ccccc2cc1C. The fourth-order valence-electron chi connectivity index (χ4n) is 7.90. The molecule has 0 aromatic heterocycles. The van der Waals surface area contributed by atoms with Gasteiger partial charge in [0.1, 0.15) is 0 Å². The van der Waals surface area contributed by atoms with E-state index in [0.717, 1.165) is 6.42 Å². The molecule has 0 heterocycles. The molecule has 47 heavy (non-hydrogen) atoms. The van der Waals surface area contributed by atoms with Crippen LogP contribution in [0.5, 0.6) is 0 Å². The highest BCUT2D eigenvalue weighted by Crippen LogP contribution is 2.47. The minimum atomic E-state index is 0.941. The molecule has 0 unspecified atom stereocenters. The molecular formula is C47H34. The van der Waals surface area contributed by atoms with Crippen LogP contribution in [0, 0.1) is 13.8 Å². The number of fused-ring (bicyclic) bond motifs is 6. The van der Waals surface area contributed by atoms with Gasteiger partial charge in [0.05, 0.1) is 0 Å². The summed E-state index contributed by atoms with van der Waals surface area (Å²) in [5.41, 5.74) is 12.9. The van der Waals surface area contributed by atoms with Crippen LogP contribution in [0.1, 0.15) is 28.7 Å². The van der Waals surface area contributed by atoms with Crippen molar-refractivity contribution in [3.63, 3.8) is 0 Å². The molecule has 0 aliphatic heterocycles. The molecule has 0 nitrogen and oxygen atoms in total. The summed E-state index contributed by atoms with van der Waals surface area (Å²) in [7, 11) is 0. The first kappa shape index (κ1) is 27.6. The van der Waals surface area contributed by atoms with Crippen molar-refractivity contribution in [2.45, 2.75) is 20.3 Å². The third kappa shape index (κ3) is 4.44. The first-order valence-electron chi connectivity index (χ1n) is 16.6. The van der Waals surface area contributed by atoms with Gasteiger partial charge in [-0.05, 0) is 131 Å². The maximum absolute atomic E-state index is 2.41. The fraction of sp³-hybridized carbons (Fsp3) is 0.0638. The summed E-state index contributed by atoms with van der Waals surface area (Å²) >= 11 is 0. The van der Waals surface area contributed by atoms with Crippen LogP contribution in [-0.2, 0) is 0 Å². The van der Waals surface area contributed by atoms with Gasteiger partial charge >= 0.3 is 0 Å². The van der Waals surface area contributed by atoms with Crippen LogP contribution in [0.25, 0.3) is 88.6 Å². The van der Waals surface area contributed by atoms with Gasteiger partial charge in [0.25, 0.3) is 0 Å². The van der Waals surface area contributed by atoms with Gasteiger partial charge in [-0.1, -0.05) is 146 Å². The predicted octanol–water partition coefficient (Wildman–Crippen LogP) is 13.3. The number of hydrogen-bond donors (Lipinski definition) is 0. The molecule has 0 spiro atoms. The Hall–Kier alpha value is -5.72. The summed E-state index contributed by atoms with van der Waals surface area (Å²) in [5.74, 6) is 0. The van der Waals surface area contributed by atoms with Crippen LogP contribution < -0.4 is 0 Å². The average molecular weight is 599 g/mol. The highest BCUT2D eigenvalue weighted by Gasteiger charge is 2.21. The van der Waals surface area contributed by atoms with Gasteiger partial charge in [0.2, 0.25) is 0 Å². The van der Waals surface area contributed by atoms with E-state index in [9.17, 15) is 0 Å². The maximum Gasteiger partial charge on any atom is -0.00199 e. The minimum absolute atomic E-state index is 0.941. The van der Waals surface area contributed by atoms with Gasteiger partial charge in [0.15, 0.2) is 0 Å². The molecule has 0 atom stereocenters. The first-order valence-corrected chi connectivity index (χ1v) is 16.6. The van der Waals surface area contributed by atoms with Gasteiger partial charge in [-0.2, -0.15) is 0 Å². The van der Waals surface area contributed by atoms with E-state index in [1.165, 1.54) is 98.7 Å². The summed E-state index contributed by atoms with van der Waals surface area (Å²) in [6.45, 7) is 4.49. The van der Waals surface area contributed by atoms with Crippen molar-refractivity contribution in [1.82, 2.24) is 0 Å². The highest BCUT2D eigenvalue weighted by molar-refractivity contribution is 6.23. The first-order chi connectivity index (χ1) is 23.2. The molecule has 0 N–H and O–H groups in total. The van der Waals surface area contributed by atoms with Gasteiger partial charge in [0, 0.05) is 0 Å². The Kier molecular flexibility index (Phi) is 6.44. The molecule has 222 valence electrons. The predicted molar refractivity (Wildman–Crippen MR) is 205 cm³/mol. The zero-order chi connectivity index (χ0) is 31.5. The number of rotatable bonds is 3. The second-order valence-corrected chi connectivity index (χ2v) is 12.9. The summed E-state index contributed by atoms with van der Waals surface area (Å²) in [6, 6.07) is 49.6.